The molecule has 1 N–H and O–H groups in total. The van der Waals surface area contributed by atoms with Gasteiger partial charge in [0.05, 0.1) is 5.69 Å². The Bertz CT molecular complexity index is 558. The minimum Gasteiger partial charge on any atom is -0.486 e. The summed E-state index contributed by atoms with van der Waals surface area (Å²) in [4.78, 5) is 5.97. The number of hydrogen-bond acceptors (Lipinski definition) is 4. The number of ether oxygens (including phenoxy) is 1. The van der Waals surface area contributed by atoms with Crippen molar-refractivity contribution in [2.24, 2.45) is 0 Å². The number of nitrogens with zero attached hydrogens (tertiary/aromatic N) is 1. The molecule has 2 rings (SSSR count). The summed E-state index contributed by atoms with van der Waals surface area (Å²) in [6.07, 6.45) is 0.969. The Hall–Kier alpha value is -1.39. The largest absolute Gasteiger partial charge is 0.486 e. The first-order valence-electron chi connectivity index (χ1n) is 6.95. The van der Waals surface area contributed by atoms with E-state index in [9.17, 15) is 0 Å². The molecule has 0 aliphatic carbocycles. The lowest BCUT2D eigenvalue weighted by atomic mass is 10.1. The van der Waals surface area contributed by atoms with Crippen molar-refractivity contribution >= 4 is 11.3 Å². The van der Waals surface area contributed by atoms with Crippen LogP contribution in [0.2, 0.25) is 0 Å². The average Bonchev–Trinajstić information content (AvgIpc) is 2.78. The van der Waals surface area contributed by atoms with Crippen LogP contribution in [0.25, 0.3) is 0 Å². The topological polar surface area (TPSA) is 34.1 Å². The number of rotatable bonds is 6. The van der Waals surface area contributed by atoms with Crippen LogP contribution < -0.4 is 10.1 Å². The maximum atomic E-state index is 5.87. The van der Waals surface area contributed by atoms with Gasteiger partial charge < -0.3 is 10.1 Å². The van der Waals surface area contributed by atoms with Crippen LogP contribution in [0.5, 0.6) is 5.75 Å². The summed E-state index contributed by atoms with van der Waals surface area (Å²) in [7, 11) is 1.96. The zero-order chi connectivity index (χ0) is 14.5. The van der Waals surface area contributed by atoms with Crippen LogP contribution in [0.15, 0.2) is 18.2 Å². The van der Waals surface area contributed by atoms with Crippen molar-refractivity contribution in [3.63, 3.8) is 0 Å². The summed E-state index contributed by atoms with van der Waals surface area (Å²) >= 11 is 1.74. The van der Waals surface area contributed by atoms with Crippen molar-refractivity contribution in [1.82, 2.24) is 10.3 Å². The first-order valence-corrected chi connectivity index (χ1v) is 7.77. The molecule has 0 unspecified atom stereocenters. The van der Waals surface area contributed by atoms with E-state index in [0.29, 0.717) is 6.61 Å². The fraction of sp³-hybridized carbons (Fsp3) is 0.438. The number of aromatic nitrogens is 1. The highest BCUT2D eigenvalue weighted by atomic mass is 32.1. The number of hydrogen-bond donors (Lipinski definition) is 1. The molecule has 0 spiro atoms. The first kappa shape index (κ1) is 15.0. The van der Waals surface area contributed by atoms with E-state index in [4.69, 9.17) is 4.74 Å². The van der Waals surface area contributed by atoms with Gasteiger partial charge >= 0.3 is 0 Å². The highest BCUT2D eigenvalue weighted by molar-refractivity contribution is 7.11. The molecule has 0 aliphatic rings. The Morgan fingerprint density at radius 2 is 1.90 bits per heavy atom. The normalized spacial score (nSPS) is 10.8. The lowest BCUT2D eigenvalue weighted by Crippen LogP contribution is -2.05. The Morgan fingerprint density at radius 3 is 2.50 bits per heavy atom. The molecular formula is C16H22N2OS. The monoisotopic (exact) mass is 290 g/mol. The van der Waals surface area contributed by atoms with Gasteiger partial charge in [0.15, 0.2) is 0 Å². The van der Waals surface area contributed by atoms with E-state index >= 15 is 0 Å². The molecule has 0 saturated carbocycles. The van der Waals surface area contributed by atoms with Crippen LogP contribution in [0.1, 0.15) is 33.6 Å². The number of nitrogens with one attached hydrogen (secondary N) is 1. The van der Waals surface area contributed by atoms with Crippen molar-refractivity contribution in [2.75, 3.05) is 7.05 Å². The third kappa shape index (κ3) is 3.81. The molecule has 1 heterocycles. The van der Waals surface area contributed by atoms with E-state index in [1.165, 1.54) is 21.7 Å². The Labute approximate surface area is 125 Å². The van der Waals surface area contributed by atoms with Crippen molar-refractivity contribution in [3.8, 4) is 5.75 Å². The quantitative estimate of drug-likeness (QED) is 0.882. The molecule has 3 nitrogen and oxygen atoms in total. The third-order valence-corrected chi connectivity index (χ3v) is 4.12. The fourth-order valence-corrected chi connectivity index (χ4v) is 3.32. The van der Waals surface area contributed by atoms with Crippen molar-refractivity contribution in [1.29, 1.82) is 0 Å². The lowest BCUT2D eigenvalue weighted by molar-refractivity contribution is 0.305. The van der Waals surface area contributed by atoms with E-state index in [0.717, 1.165) is 23.7 Å². The van der Waals surface area contributed by atoms with Crippen LogP contribution in [0, 0.1) is 13.8 Å². The van der Waals surface area contributed by atoms with E-state index in [1.54, 1.807) is 11.3 Å². The lowest BCUT2D eigenvalue weighted by Gasteiger charge is -2.06. The summed E-state index contributed by atoms with van der Waals surface area (Å²) in [5.74, 6) is 0.922. The molecule has 0 atom stereocenters. The second-order valence-corrected chi connectivity index (χ2v) is 6.14. The second-order valence-electron chi connectivity index (χ2n) is 4.97. The van der Waals surface area contributed by atoms with Crippen LogP contribution in [0.3, 0.4) is 0 Å². The number of aryl methyl sites for hydroxylation is 3. The summed E-state index contributed by atoms with van der Waals surface area (Å²) in [5, 5.41) is 4.24. The first-order chi connectivity index (χ1) is 9.62. The number of benzene rings is 1. The average molecular weight is 290 g/mol. The van der Waals surface area contributed by atoms with Gasteiger partial charge in [-0.05, 0) is 50.6 Å². The minimum atomic E-state index is 0.546. The van der Waals surface area contributed by atoms with Gasteiger partial charge in [-0.2, -0.15) is 0 Å². The number of thiazole rings is 1. The van der Waals surface area contributed by atoms with E-state index in [1.807, 2.05) is 7.05 Å². The highest BCUT2D eigenvalue weighted by Gasteiger charge is 2.09. The molecule has 0 radical (unpaired) electrons. The molecule has 0 saturated heterocycles. The van der Waals surface area contributed by atoms with Crippen LogP contribution in [-0.4, -0.2) is 12.0 Å². The maximum absolute atomic E-state index is 5.87. The molecule has 20 heavy (non-hydrogen) atoms. The molecule has 0 bridgehead atoms. The Kier molecular flexibility index (Phi) is 5.15. The van der Waals surface area contributed by atoms with Gasteiger partial charge in [-0.3, -0.25) is 0 Å². The molecule has 0 fully saturated rings. The molecule has 108 valence electrons. The van der Waals surface area contributed by atoms with Crippen LogP contribution in [-0.2, 0) is 19.6 Å². The minimum absolute atomic E-state index is 0.546. The highest BCUT2D eigenvalue weighted by Crippen LogP contribution is 2.22. The predicted octanol–water partition coefficient (Wildman–Crippen LogP) is 3.62. The van der Waals surface area contributed by atoms with E-state index in [-0.39, 0.29) is 0 Å². The zero-order valence-corrected chi connectivity index (χ0v) is 13.4. The molecule has 4 heteroatoms. The van der Waals surface area contributed by atoms with Crippen molar-refractivity contribution < 1.29 is 4.74 Å². The molecule has 1 aromatic heterocycles. The summed E-state index contributed by atoms with van der Waals surface area (Å²) in [6, 6.07) is 6.28. The maximum Gasteiger partial charge on any atom is 0.140 e. The van der Waals surface area contributed by atoms with E-state index < -0.39 is 0 Å². The van der Waals surface area contributed by atoms with Gasteiger partial charge in [-0.25, -0.2) is 4.98 Å². The fourth-order valence-electron chi connectivity index (χ4n) is 2.23. The Balaban J connectivity index is 2.06. The molecule has 2 aromatic rings. The molecule has 0 amide bonds. The summed E-state index contributed by atoms with van der Waals surface area (Å²) in [5.41, 5.74) is 3.64. The van der Waals surface area contributed by atoms with Gasteiger partial charge in [0.25, 0.3) is 0 Å². The van der Waals surface area contributed by atoms with E-state index in [2.05, 4.69) is 49.3 Å². The van der Waals surface area contributed by atoms with Crippen molar-refractivity contribution in [3.05, 3.63) is 44.9 Å². The van der Waals surface area contributed by atoms with Crippen LogP contribution >= 0.6 is 11.3 Å². The molecule has 1 aromatic carbocycles. The van der Waals surface area contributed by atoms with Gasteiger partial charge in [-0.1, -0.05) is 13.0 Å². The Morgan fingerprint density at radius 1 is 1.20 bits per heavy atom. The smallest absolute Gasteiger partial charge is 0.140 e. The van der Waals surface area contributed by atoms with Gasteiger partial charge in [-0.15, -0.1) is 11.3 Å². The molecule has 0 aliphatic heterocycles. The predicted molar refractivity (Wildman–Crippen MR) is 84.5 cm³/mol. The zero-order valence-electron chi connectivity index (χ0n) is 12.6. The van der Waals surface area contributed by atoms with Gasteiger partial charge in [0, 0.05) is 11.4 Å². The standard InChI is InChI=1S/C16H22N2OS/c1-5-14-15(9-17-4)20-16(18-14)10-19-13-7-11(2)6-12(3)8-13/h6-8,17H,5,9-10H2,1-4H3. The summed E-state index contributed by atoms with van der Waals surface area (Å²) in [6.45, 7) is 7.74. The summed E-state index contributed by atoms with van der Waals surface area (Å²) < 4.78 is 5.87. The van der Waals surface area contributed by atoms with Crippen LogP contribution in [0.4, 0.5) is 0 Å². The SMILES string of the molecule is CCc1nc(COc2cc(C)cc(C)c2)sc1CNC. The molecular weight excluding hydrogens is 268 g/mol. The van der Waals surface area contributed by atoms with Crippen molar-refractivity contribution in [2.45, 2.75) is 40.3 Å². The van der Waals surface area contributed by atoms with Gasteiger partial charge in [0.2, 0.25) is 0 Å². The second kappa shape index (κ2) is 6.86. The van der Waals surface area contributed by atoms with Gasteiger partial charge in [0.1, 0.15) is 17.4 Å². The third-order valence-electron chi connectivity index (χ3n) is 3.05.